The van der Waals surface area contributed by atoms with Crippen molar-refractivity contribution < 1.29 is 8.42 Å². The largest absolute Gasteiger partial charge is 0.314 e. The molecule has 0 aliphatic carbocycles. The number of piperidine rings is 1. The quantitative estimate of drug-likeness (QED) is 0.890. The Hall–Kier alpha value is 0.0500. The second-order valence-electron chi connectivity index (χ2n) is 4.76. The molecule has 1 aromatic rings. The predicted octanol–water partition coefficient (Wildman–Crippen LogP) is 2.58. The molecule has 2 heterocycles. The number of thiophene rings is 1. The molecule has 0 saturated carbocycles. The molecule has 1 fully saturated rings. The SMILES string of the molecule is CCNC1CCN(S(=O)(=O)c2cc(C)c(Br)s2)CC1. The third-order valence-electron chi connectivity index (χ3n) is 3.38. The monoisotopic (exact) mass is 366 g/mol. The Labute approximate surface area is 127 Å². The maximum absolute atomic E-state index is 12.5. The van der Waals surface area contributed by atoms with Crippen molar-refractivity contribution in [2.75, 3.05) is 19.6 Å². The number of halogens is 1. The lowest BCUT2D eigenvalue weighted by Crippen LogP contribution is -2.44. The third-order valence-corrected chi connectivity index (χ3v) is 7.86. The molecule has 19 heavy (non-hydrogen) atoms. The molecule has 1 N–H and O–H groups in total. The molecule has 0 atom stereocenters. The molecule has 1 saturated heterocycles. The van der Waals surface area contributed by atoms with E-state index in [4.69, 9.17) is 0 Å². The van der Waals surface area contributed by atoms with Crippen molar-refractivity contribution in [1.82, 2.24) is 9.62 Å². The molecule has 1 aliphatic rings. The van der Waals surface area contributed by atoms with Crippen molar-refractivity contribution >= 4 is 37.3 Å². The molecule has 0 spiro atoms. The summed E-state index contributed by atoms with van der Waals surface area (Å²) in [6.07, 6.45) is 1.77. The van der Waals surface area contributed by atoms with E-state index in [1.54, 1.807) is 10.4 Å². The van der Waals surface area contributed by atoms with E-state index in [9.17, 15) is 8.42 Å². The van der Waals surface area contributed by atoms with Crippen LogP contribution in [0.3, 0.4) is 0 Å². The van der Waals surface area contributed by atoms with Crippen molar-refractivity contribution in [3.8, 4) is 0 Å². The minimum absolute atomic E-state index is 0.443. The van der Waals surface area contributed by atoms with Crippen LogP contribution in [0.5, 0.6) is 0 Å². The fourth-order valence-electron chi connectivity index (χ4n) is 2.28. The lowest BCUT2D eigenvalue weighted by molar-refractivity contribution is 0.293. The van der Waals surface area contributed by atoms with E-state index in [1.807, 2.05) is 6.92 Å². The normalized spacial score (nSPS) is 18.9. The molecule has 108 valence electrons. The van der Waals surface area contributed by atoms with Crippen LogP contribution in [0.1, 0.15) is 25.3 Å². The summed E-state index contributed by atoms with van der Waals surface area (Å²) in [4.78, 5) is 0. The van der Waals surface area contributed by atoms with Crippen LogP contribution >= 0.6 is 27.3 Å². The highest BCUT2D eigenvalue weighted by Crippen LogP contribution is 2.33. The van der Waals surface area contributed by atoms with E-state index in [2.05, 4.69) is 28.2 Å². The lowest BCUT2D eigenvalue weighted by atomic mass is 10.1. The second kappa shape index (κ2) is 6.22. The van der Waals surface area contributed by atoms with Crippen LogP contribution in [0, 0.1) is 6.92 Å². The maximum Gasteiger partial charge on any atom is 0.252 e. The lowest BCUT2D eigenvalue weighted by Gasteiger charge is -2.31. The summed E-state index contributed by atoms with van der Waals surface area (Å²) < 4.78 is 28.0. The minimum Gasteiger partial charge on any atom is -0.314 e. The second-order valence-corrected chi connectivity index (χ2v) is 9.29. The van der Waals surface area contributed by atoms with Gasteiger partial charge in [-0.05, 0) is 53.9 Å². The first-order valence-corrected chi connectivity index (χ1v) is 9.49. The Kier molecular flexibility index (Phi) is 5.05. The summed E-state index contributed by atoms with van der Waals surface area (Å²) in [6, 6.07) is 2.20. The number of hydrogen-bond acceptors (Lipinski definition) is 4. The van der Waals surface area contributed by atoms with E-state index in [0.717, 1.165) is 28.7 Å². The summed E-state index contributed by atoms with van der Waals surface area (Å²) >= 11 is 4.69. The Morgan fingerprint density at radius 2 is 2.11 bits per heavy atom. The van der Waals surface area contributed by atoms with Gasteiger partial charge in [0.25, 0.3) is 10.0 Å². The highest BCUT2D eigenvalue weighted by molar-refractivity contribution is 9.11. The van der Waals surface area contributed by atoms with E-state index in [0.29, 0.717) is 23.3 Å². The molecule has 0 unspecified atom stereocenters. The van der Waals surface area contributed by atoms with Gasteiger partial charge in [-0.2, -0.15) is 4.31 Å². The average Bonchev–Trinajstić information content (AvgIpc) is 2.71. The van der Waals surface area contributed by atoms with Crippen LogP contribution in [0.15, 0.2) is 14.1 Å². The molecule has 0 bridgehead atoms. The molecular weight excluding hydrogens is 348 g/mol. The summed E-state index contributed by atoms with van der Waals surface area (Å²) in [6.45, 7) is 6.14. The molecule has 2 rings (SSSR count). The summed E-state index contributed by atoms with van der Waals surface area (Å²) in [5.41, 5.74) is 0.978. The number of nitrogens with one attached hydrogen (secondary N) is 1. The number of aryl methyl sites for hydroxylation is 1. The van der Waals surface area contributed by atoms with Gasteiger partial charge in [0.15, 0.2) is 0 Å². The van der Waals surface area contributed by atoms with Crippen LogP contribution in [0.4, 0.5) is 0 Å². The molecule has 4 nitrogen and oxygen atoms in total. The topological polar surface area (TPSA) is 49.4 Å². The number of hydrogen-bond donors (Lipinski definition) is 1. The van der Waals surface area contributed by atoms with Gasteiger partial charge in [-0.1, -0.05) is 6.92 Å². The fraction of sp³-hybridized carbons (Fsp3) is 0.667. The first-order valence-electron chi connectivity index (χ1n) is 6.44. The Balaban J connectivity index is 2.09. The summed E-state index contributed by atoms with van der Waals surface area (Å²) in [5, 5.41) is 3.38. The van der Waals surface area contributed by atoms with Gasteiger partial charge in [0.1, 0.15) is 4.21 Å². The van der Waals surface area contributed by atoms with E-state index >= 15 is 0 Å². The van der Waals surface area contributed by atoms with Crippen molar-refractivity contribution in [2.45, 2.75) is 36.9 Å². The van der Waals surface area contributed by atoms with Gasteiger partial charge >= 0.3 is 0 Å². The highest BCUT2D eigenvalue weighted by atomic mass is 79.9. The zero-order valence-electron chi connectivity index (χ0n) is 11.1. The van der Waals surface area contributed by atoms with E-state index < -0.39 is 10.0 Å². The van der Waals surface area contributed by atoms with Crippen LogP contribution in [0.25, 0.3) is 0 Å². The van der Waals surface area contributed by atoms with Crippen molar-refractivity contribution in [3.05, 3.63) is 15.4 Å². The summed E-state index contributed by atoms with van der Waals surface area (Å²) in [5.74, 6) is 0. The molecule has 1 aliphatic heterocycles. The van der Waals surface area contributed by atoms with Gasteiger partial charge in [-0.25, -0.2) is 8.42 Å². The van der Waals surface area contributed by atoms with Crippen molar-refractivity contribution in [3.63, 3.8) is 0 Å². The van der Waals surface area contributed by atoms with Gasteiger partial charge in [-0.15, -0.1) is 11.3 Å². The van der Waals surface area contributed by atoms with Crippen LogP contribution in [0.2, 0.25) is 0 Å². The zero-order chi connectivity index (χ0) is 14.0. The maximum atomic E-state index is 12.5. The number of sulfonamides is 1. The fourth-order valence-corrected chi connectivity index (χ4v) is 6.13. The molecule has 0 amide bonds. The first kappa shape index (κ1) is 15.4. The first-order chi connectivity index (χ1) is 8.95. The number of nitrogens with zero attached hydrogens (tertiary/aromatic N) is 1. The molecule has 7 heteroatoms. The molecule has 0 aromatic carbocycles. The van der Waals surface area contributed by atoms with Gasteiger partial charge < -0.3 is 5.32 Å². The van der Waals surface area contributed by atoms with Gasteiger partial charge in [-0.3, -0.25) is 0 Å². The minimum atomic E-state index is -3.31. The highest BCUT2D eigenvalue weighted by Gasteiger charge is 2.30. The average molecular weight is 367 g/mol. The third kappa shape index (κ3) is 3.39. The molecule has 0 radical (unpaired) electrons. The molecule has 1 aromatic heterocycles. The van der Waals surface area contributed by atoms with Gasteiger partial charge in [0, 0.05) is 19.1 Å². The summed E-state index contributed by atoms with van der Waals surface area (Å²) in [7, 11) is -3.31. The zero-order valence-corrected chi connectivity index (χ0v) is 14.4. The Morgan fingerprint density at radius 1 is 1.47 bits per heavy atom. The van der Waals surface area contributed by atoms with Crippen LogP contribution in [-0.4, -0.2) is 38.4 Å². The van der Waals surface area contributed by atoms with Crippen molar-refractivity contribution in [1.29, 1.82) is 0 Å². The smallest absolute Gasteiger partial charge is 0.252 e. The van der Waals surface area contributed by atoms with Gasteiger partial charge in [0.2, 0.25) is 0 Å². The van der Waals surface area contributed by atoms with E-state index in [1.165, 1.54) is 11.3 Å². The Bertz CT molecular complexity index is 514. The standard InChI is InChI=1S/C12H19BrN2O2S2/c1-3-14-10-4-6-15(7-5-10)19(16,17)11-8-9(2)12(13)18-11/h8,10,14H,3-7H2,1-2H3. The Morgan fingerprint density at radius 3 is 2.58 bits per heavy atom. The predicted molar refractivity (Wildman–Crippen MR) is 82.2 cm³/mol. The van der Waals surface area contributed by atoms with Crippen molar-refractivity contribution in [2.24, 2.45) is 0 Å². The number of rotatable bonds is 4. The van der Waals surface area contributed by atoms with Gasteiger partial charge in [0.05, 0.1) is 3.79 Å². The van der Waals surface area contributed by atoms with Crippen LogP contribution < -0.4 is 5.32 Å². The van der Waals surface area contributed by atoms with E-state index in [-0.39, 0.29) is 0 Å². The van der Waals surface area contributed by atoms with Crippen LogP contribution in [-0.2, 0) is 10.0 Å². The molecular formula is C12H19BrN2O2S2.